The summed E-state index contributed by atoms with van der Waals surface area (Å²) in [5.74, 6) is 1.38. The number of nitrogen functional groups attached to an aromatic ring is 2. The van der Waals surface area contributed by atoms with E-state index in [2.05, 4.69) is 46.0 Å². The zero-order valence-electron chi connectivity index (χ0n) is 20.3. The third kappa shape index (κ3) is 9.83. The molecule has 0 amide bonds. The number of hydrogen-bond acceptors (Lipinski definition) is 10. The van der Waals surface area contributed by atoms with Gasteiger partial charge in [0.1, 0.15) is 10.5 Å². The van der Waals surface area contributed by atoms with Crippen molar-refractivity contribution in [2.75, 3.05) is 29.9 Å². The first-order valence-corrected chi connectivity index (χ1v) is 12.7. The molecule has 3 radical (unpaired) electrons. The van der Waals surface area contributed by atoms with Crippen LogP contribution in [-0.2, 0) is 0 Å². The summed E-state index contributed by atoms with van der Waals surface area (Å²) in [6.45, 7) is 10.1. The predicted molar refractivity (Wildman–Crippen MR) is 156 cm³/mol. The molecule has 0 aromatic carbocycles. The van der Waals surface area contributed by atoms with Gasteiger partial charge in [0.25, 0.3) is 5.56 Å². The van der Waals surface area contributed by atoms with Crippen LogP contribution in [0.25, 0.3) is 20.4 Å². The number of unbranched alkanes of at least 4 members (excludes halogenated alkanes) is 2. The lowest BCUT2D eigenvalue weighted by Crippen LogP contribution is -2.09. The molecule has 0 aliphatic rings. The minimum absolute atomic E-state index is 0. The van der Waals surface area contributed by atoms with Gasteiger partial charge in [0.15, 0.2) is 0 Å². The summed E-state index contributed by atoms with van der Waals surface area (Å²) >= 11 is 3.13. The lowest BCUT2D eigenvalue weighted by atomic mass is 10.3. The lowest BCUT2D eigenvalue weighted by molar-refractivity contribution is 0.807. The SMILES string of the molecule is C.CCCCN.CCCCNc1nc(N)nc2cc(C)sc12.Cc1cc2nc(N)[nH]c(=O)c2s1.[B]. The van der Waals surface area contributed by atoms with Crippen LogP contribution >= 0.6 is 22.7 Å². The molecule has 191 valence electrons. The van der Waals surface area contributed by atoms with E-state index in [1.165, 1.54) is 35.5 Å². The van der Waals surface area contributed by atoms with Crippen LogP contribution in [0, 0.1) is 13.8 Å². The molecule has 0 atom stereocenters. The van der Waals surface area contributed by atoms with Crippen molar-refractivity contribution in [2.24, 2.45) is 5.73 Å². The Hall–Kier alpha value is -2.70. The number of nitrogens with zero attached hydrogens (tertiary/aromatic N) is 3. The Morgan fingerprint density at radius 2 is 1.51 bits per heavy atom. The standard InChI is InChI=1S/C11H16N4S.C7H7N3OS.C4H11N.CH4.B/c1-3-4-5-13-10-9-8(6-7(2)16-9)14-11(12)15-10;1-3-2-4-5(12-3)6(11)10-7(8)9-4;1-2-3-4-5;;/h6H,3-5H2,1-2H3,(H3,12,13,14,15);2H,1H3,(H3,8,9,10,11);2-5H2,1H3;1H4;. The molecule has 9 nitrogen and oxygen atoms in total. The molecule has 0 saturated heterocycles. The van der Waals surface area contributed by atoms with Crippen LogP contribution in [0.1, 0.15) is 56.7 Å². The maximum Gasteiger partial charge on any atom is 0.270 e. The Kier molecular flexibility index (Phi) is 14.8. The summed E-state index contributed by atoms with van der Waals surface area (Å²) in [6, 6.07) is 3.90. The summed E-state index contributed by atoms with van der Waals surface area (Å²) in [5, 5.41) is 3.32. The van der Waals surface area contributed by atoms with E-state index in [4.69, 9.17) is 17.2 Å². The normalized spacial score (nSPS) is 9.86. The van der Waals surface area contributed by atoms with E-state index in [0.29, 0.717) is 16.2 Å². The zero-order chi connectivity index (χ0) is 24.4. The number of aromatic nitrogens is 4. The van der Waals surface area contributed by atoms with Gasteiger partial charge in [0.2, 0.25) is 11.9 Å². The van der Waals surface area contributed by atoms with Crippen molar-refractivity contribution in [3.8, 4) is 0 Å². The first kappa shape index (κ1) is 32.3. The second-order valence-electron chi connectivity index (χ2n) is 7.45. The van der Waals surface area contributed by atoms with Gasteiger partial charge in [-0.15, -0.1) is 22.7 Å². The molecule has 8 N–H and O–H groups in total. The topological polar surface area (TPSA) is 162 Å². The summed E-state index contributed by atoms with van der Waals surface area (Å²) in [4.78, 5) is 28.5. The summed E-state index contributed by atoms with van der Waals surface area (Å²) < 4.78 is 1.74. The quantitative estimate of drug-likeness (QED) is 0.182. The fraction of sp³-hybridized carbons (Fsp3) is 0.478. The van der Waals surface area contributed by atoms with E-state index in [1.54, 1.807) is 11.3 Å². The Morgan fingerprint density at radius 1 is 0.943 bits per heavy atom. The van der Waals surface area contributed by atoms with Gasteiger partial charge in [-0.05, 0) is 45.4 Å². The van der Waals surface area contributed by atoms with Gasteiger partial charge in [-0.2, -0.15) is 4.98 Å². The van der Waals surface area contributed by atoms with Crippen LogP contribution in [0.3, 0.4) is 0 Å². The fourth-order valence-electron chi connectivity index (χ4n) is 2.85. The molecule has 0 unspecified atom stereocenters. The highest BCUT2D eigenvalue weighted by molar-refractivity contribution is 7.19. The number of hydrogen-bond donors (Lipinski definition) is 5. The number of rotatable bonds is 6. The van der Waals surface area contributed by atoms with Crippen LogP contribution in [0.15, 0.2) is 16.9 Å². The van der Waals surface area contributed by atoms with Gasteiger partial charge in [-0.1, -0.05) is 34.1 Å². The summed E-state index contributed by atoms with van der Waals surface area (Å²) in [6.07, 6.45) is 4.69. The minimum Gasteiger partial charge on any atom is -0.369 e. The predicted octanol–water partition coefficient (Wildman–Crippen LogP) is 4.67. The highest BCUT2D eigenvalue weighted by atomic mass is 32.1. The second kappa shape index (κ2) is 16.1. The summed E-state index contributed by atoms with van der Waals surface area (Å²) in [7, 11) is 0. The average Bonchev–Trinajstić information content (AvgIpc) is 3.31. The molecule has 35 heavy (non-hydrogen) atoms. The maximum atomic E-state index is 11.2. The number of H-pyrrole nitrogens is 1. The number of thiophene rings is 2. The molecular formula is C23H38BN8OS2. The van der Waals surface area contributed by atoms with Crippen LogP contribution in [-0.4, -0.2) is 41.4 Å². The van der Waals surface area contributed by atoms with Gasteiger partial charge in [-0.25, -0.2) is 9.97 Å². The average molecular weight is 518 g/mol. The van der Waals surface area contributed by atoms with Crippen molar-refractivity contribution in [2.45, 2.75) is 60.8 Å². The van der Waals surface area contributed by atoms with Crippen LogP contribution in [0.4, 0.5) is 17.7 Å². The van der Waals surface area contributed by atoms with Gasteiger partial charge in [0, 0.05) is 24.7 Å². The first-order chi connectivity index (χ1) is 15.8. The summed E-state index contributed by atoms with van der Waals surface area (Å²) in [5.41, 5.74) is 17.7. The van der Waals surface area contributed by atoms with Crippen LogP contribution in [0.5, 0.6) is 0 Å². The molecule has 0 saturated carbocycles. The van der Waals surface area contributed by atoms with Crippen molar-refractivity contribution in [3.63, 3.8) is 0 Å². The molecule has 0 spiro atoms. The smallest absolute Gasteiger partial charge is 0.270 e. The Bertz CT molecular complexity index is 1220. The molecule has 0 bridgehead atoms. The third-order valence-corrected chi connectivity index (χ3v) is 6.50. The van der Waals surface area contributed by atoms with E-state index in [1.807, 2.05) is 19.1 Å². The second-order valence-corrected chi connectivity index (χ2v) is 9.96. The highest BCUT2D eigenvalue weighted by Crippen LogP contribution is 2.29. The molecule has 4 aromatic rings. The van der Waals surface area contributed by atoms with E-state index in [9.17, 15) is 4.79 Å². The number of aryl methyl sites for hydroxylation is 2. The number of fused-ring (bicyclic) bond motifs is 2. The van der Waals surface area contributed by atoms with Crippen molar-refractivity contribution in [1.29, 1.82) is 0 Å². The van der Waals surface area contributed by atoms with E-state index in [-0.39, 0.29) is 27.3 Å². The van der Waals surface area contributed by atoms with Gasteiger partial charge in [-0.3, -0.25) is 9.78 Å². The van der Waals surface area contributed by atoms with Gasteiger partial charge < -0.3 is 22.5 Å². The molecule has 4 rings (SSSR count). The zero-order valence-corrected chi connectivity index (χ0v) is 21.9. The molecule has 4 aromatic heterocycles. The Balaban J connectivity index is 0.000000542. The van der Waals surface area contributed by atoms with Crippen LogP contribution < -0.4 is 28.1 Å². The molecule has 0 aliphatic heterocycles. The Morgan fingerprint density at radius 3 is 2.06 bits per heavy atom. The fourth-order valence-corrected chi connectivity index (χ4v) is 4.61. The monoisotopic (exact) mass is 517 g/mol. The molecule has 4 heterocycles. The van der Waals surface area contributed by atoms with Crippen molar-refractivity contribution >= 4 is 69.2 Å². The van der Waals surface area contributed by atoms with Crippen molar-refractivity contribution in [3.05, 3.63) is 32.2 Å². The lowest BCUT2D eigenvalue weighted by Gasteiger charge is -2.05. The first-order valence-electron chi connectivity index (χ1n) is 11.0. The van der Waals surface area contributed by atoms with E-state index < -0.39 is 0 Å². The maximum absolute atomic E-state index is 11.2. The van der Waals surface area contributed by atoms with E-state index >= 15 is 0 Å². The number of anilines is 3. The van der Waals surface area contributed by atoms with Crippen molar-refractivity contribution < 1.29 is 0 Å². The largest absolute Gasteiger partial charge is 0.369 e. The Labute approximate surface area is 217 Å². The van der Waals surface area contributed by atoms with Crippen molar-refractivity contribution in [1.82, 2.24) is 19.9 Å². The van der Waals surface area contributed by atoms with E-state index in [0.717, 1.165) is 40.4 Å². The van der Waals surface area contributed by atoms with Gasteiger partial charge in [0.05, 0.1) is 15.7 Å². The van der Waals surface area contributed by atoms with Gasteiger partial charge >= 0.3 is 0 Å². The number of nitrogens with two attached hydrogens (primary N) is 3. The molecule has 0 aliphatic carbocycles. The number of aromatic amines is 1. The molecule has 12 heteroatoms. The number of nitrogens with one attached hydrogen (secondary N) is 2. The third-order valence-electron chi connectivity index (χ3n) is 4.42. The van der Waals surface area contributed by atoms with Crippen LogP contribution in [0.2, 0.25) is 0 Å². The minimum atomic E-state index is -0.157. The molecule has 0 fully saturated rings. The molecular weight excluding hydrogens is 479 g/mol. The highest BCUT2D eigenvalue weighted by Gasteiger charge is 2.08.